The van der Waals surface area contributed by atoms with Gasteiger partial charge in [-0.2, -0.15) is 5.10 Å². The molecule has 7 nitrogen and oxygen atoms in total. The van der Waals surface area contributed by atoms with Crippen LogP contribution in [0.15, 0.2) is 17.3 Å². The molecule has 0 N–H and O–H groups in total. The van der Waals surface area contributed by atoms with Gasteiger partial charge >= 0.3 is 5.97 Å². The van der Waals surface area contributed by atoms with E-state index in [2.05, 4.69) is 5.10 Å². The van der Waals surface area contributed by atoms with E-state index in [4.69, 9.17) is 4.74 Å². The van der Waals surface area contributed by atoms with Gasteiger partial charge in [0.25, 0.3) is 0 Å². The van der Waals surface area contributed by atoms with Crippen LogP contribution in [-0.4, -0.2) is 48.7 Å². The van der Waals surface area contributed by atoms with Gasteiger partial charge in [0, 0.05) is 26.8 Å². The fourth-order valence-electron chi connectivity index (χ4n) is 1.31. The maximum atomic E-state index is 12.0. The summed E-state index contributed by atoms with van der Waals surface area (Å²) < 4.78 is 31.3. The number of esters is 1. The first kappa shape index (κ1) is 14.7. The Bertz CT molecular complexity index is 509. The van der Waals surface area contributed by atoms with Crippen molar-refractivity contribution < 1.29 is 17.9 Å². The Hall–Kier alpha value is -1.41. The van der Waals surface area contributed by atoms with Crippen molar-refractivity contribution in [2.45, 2.75) is 18.2 Å². The molecule has 0 aromatic carbocycles. The van der Waals surface area contributed by atoms with E-state index in [0.717, 1.165) is 4.31 Å². The van der Waals surface area contributed by atoms with Gasteiger partial charge < -0.3 is 4.74 Å². The van der Waals surface area contributed by atoms with Gasteiger partial charge in [-0.1, -0.05) is 0 Å². The topological polar surface area (TPSA) is 81.5 Å². The van der Waals surface area contributed by atoms with Gasteiger partial charge in [0.05, 0.1) is 19.2 Å². The van der Waals surface area contributed by atoms with Crippen molar-refractivity contribution in [3.8, 4) is 0 Å². The van der Waals surface area contributed by atoms with Crippen LogP contribution in [0.3, 0.4) is 0 Å². The Labute approximate surface area is 106 Å². The van der Waals surface area contributed by atoms with Crippen molar-refractivity contribution in [3.63, 3.8) is 0 Å². The molecule has 8 heteroatoms. The van der Waals surface area contributed by atoms with Gasteiger partial charge in [0.2, 0.25) is 10.0 Å². The quantitative estimate of drug-likeness (QED) is 0.682. The van der Waals surface area contributed by atoms with Crippen molar-refractivity contribution in [3.05, 3.63) is 12.4 Å². The molecule has 18 heavy (non-hydrogen) atoms. The van der Waals surface area contributed by atoms with Crippen molar-refractivity contribution >= 4 is 16.0 Å². The average molecular weight is 275 g/mol. The number of sulfonamides is 1. The summed E-state index contributed by atoms with van der Waals surface area (Å²) in [6.07, 6.45) is 2.72. The summed E-state index contributed by atoms with van der Waals surface area (Å²) in [6.45, 7) is 2.07. The molecule has 1 aromatic rings. The van der Waals surface area contributed by atoms with Crippen LogP contribution in [0.25, 0.3) is 0 Å². The summed E-state index contributed by atoms with van der Waals surface area (Å²) in [7, 11) is -0.532. The van der Waals surface area contributed by atoms with Gasteiger partial charge in [-0.05, 0) is 6.92 Å². The molecule has 0 spiro atoms. The molecule has 0 unspecified atom stereocenters. The van der Waals surface area contributed by atoms with E-state index in [-0.39, 0.29) is 24.5 Å². The van der Waals surface area contributed by atoms with Gasteiger partial charge in [-0.15, -0.1) is 0 Å². The van der Waals surface area contributed by atoms with Gasteiger partial charge in [0.1, 0.15) is 4.90 Å². The summed E-state index contributed by atoms with van der Waals surface area (Å²) in [6, 6.07) is 0. The number of carbonyl (C=O) groups excluding carboxylic acids is 1. The van der Waals surface area contributed by atoms with Crippen molar-refractivity contribution in [1.29, 1.82) is 0 Å². The second-order valence-electron chi connectivity index (χ2n) is 3.73. The second kappa shape index (κ2) is 5.96. The normalized spacial score (nSPS) is 11.8. The first-order valence-electron chi connectivity index (χ1n) is 5.48. The summed E-state index contributed by atoms with van der Waals surface area (Å²) >= 11 is 0. The number of carbonyl (C=O) groups is 1. The van der Waals surface area contributed by atoms with E-state index in [1.54, 1.807) is 14.0 Å². The average Bonchev–Trinajstić information content (AvgIpc) is 2.73. The molecule has 0 aliphatic heterocycles. The molecule has 0 saturated carbocycles. The van der Waals surface area contributed by atoms with Crippen LogP contribution in [0.1, 0.15) is 13.3 Å². The van der Waals surface area contributed by atoms with Crippen LogP contribution in [0.5, 0.6) is 0 Å². The predicted molar refractivity (Wildman–Crippen MR) is 64.3 cm³/mol. The molecule has 0 saturated heterocycles. The van der Waals surface area contributed by atoms with Crippen LogP contribution in [0.2, 0.25) is 0 Å². The third kappa shape index (κ3) is 3.54. The Morgan fingerprint density at radius 3 is 2.72 bits per heavy atom. The lowest BCUT2D eigenvalue weighted by atomic mass is 10.4. The maximum Gasteiger partial charge on any atom is 0.307 e. The standard InChI is InChI=1S/C10H17N3O4S/c1-4-17-10(14)5-6-13(3)18(15,16)9-7-11-12(2)8-9/h7-8H,4-6H2,1-3H3. The lowest BCUT2D eigenvalue weighted by molar-refractivity contribution is -0.143. The molecule has 1 heterocycles. The summed E-state index contributed by atoms with van der Waals surface area (Å²) in [5, 5.41) is 3.81. The third-order valence-corrected chi connectivity index (χ3v) is 4.14. The summed E-state index contributed by atoms with van der Waals surface area (Å²) in [5.41, 5.74) is 0. The zero-order valence-corrected chi connectivity index (χ0v) is 11.5. The third-order valence-electron chi connectivity index (χ3n) is 2.33. The fraction of sp³-hybridized carbons (Fsp3) is 0.600. The molecule has 0 atom stereocenters. The highest BCUT2D eigenvalue weighted by atomic mass is 32.2. The number of ether oxygens (including phenoxy) is 1. The molecule has 1 aromatic heterocycles. The minimum atomic E-state index is -3.59. The number of hydrogen-bond donors (Lipinski definition) is 0. The van der Waals surface area contributed by atoms with Crippen LogP contribution in [-0.2, 0) is 26.6 Å². The molecule has 0 fully saturated rings. The first-order valence-corrected chi connectivity index (χ1v) is 6.92. The lowest BCUT2D eigenvalue weighted by Crippen LogP contribution is -2.29. The van der Waals surface area contributed by atoms with Crippen LogP contribution < -0.4 is 0 Å². The highest BCUT2D eigenvalue weighted by molar-refractivity contribution is 7.89. The van der Waals surface area contributed by atoms with E-state index in [1.807, 2.05) is 0 Å². The van der Waals surface area contributed by atoms with Crippen molar-refractivity contribution in [2.75, 3.05) is 20.2 Å². The highest BCUT2D eigenvalue weighted by Gasteiger charge is 2.22. The monoisotopic (exact) mass is 275 g/mol. The molecule has 1 rings (SSSR count). The van der Waals surface area contributed by atoms with E-state index in [1.165, 1.54) is 24.1 Å². The molecule has 0 aliphatic rings. The number of aryl methyl sites for hydroxylation is 1. The molecule has 0 aliphatic carbocycles. The Balaban J connectivity index is 2.66. The largest absolute Gasteiger partial charge is 0.466 e. The zero-order chi connectivity index (χ0) is 13.8. The van der Waals surface area contributed by atoms with Crippen molar-refractivity contribution in [2.24, 2.45) is 7.05 Å². The molecule has 0 bridgehead atoms. The van der Waals surface area contributed by atoms with E-state index >= 15 is 0 Å². The SMILES string of the molecule is CCOC(=O)CCN(C)S(=O)(=O)c1cnn(C)c1. The van der Waals surface area contributed by atoms with E-state index < -0.39 is 16.0 Å². The minimum absolute atomic E-state index is 0.0316. The predicted octanol–water partition coefficient (Wildman–Crippen LogP) is -0.00620. The molecular formula is C10H17N3O4S. The maximum absolute atomic E-state index is 12.0. The molecule has 0 radical (unpaired) electrons. The zero-order valence-electron chi connectivity index (χ0n) is 10.7. The minimum Gasteiger partial charge on any atom is -0.466 e. The van der Waals surface area contributed by atoms with Crippen molar-refractivity contribution in [1.82, 2.24) is 14.1 Å². The van der Waals surface area contributed by atoms with Crippen LogP contribution in [0, 0.1) is 0 Å². The van der Waals surface area contributed by atoms with E-state index in [9.17, 15) is 13.2 Å². The van der Waals surface area contributed by atoms with Gasteiger partial charge in [-0.3, -0.25) is 9.48 Å². The highest BCUT2D eigenvalue weighted by Crippen LogP contribution is 2.12. The van der Waals surface area contributed by atoms with Gasteiger partial charge in [0.15, 0.2) is 0 Å². The molecule has 0 amide bonds. The number of hydrogen-bond acceptors (Lipinski definition) is 5. The van der Waals surface area contributed by atoms with E-state index in [0.29, 0.717) is 0 Å². The Morgan fingerprint density at radius 2 is 2.22 bits per heavy atom. The Kier molecular flexibility index (Phi) is 4.85. The summed E-state index contributed by atoms with van der Waals surface area (Å²) in [4.78, 5) is 11.3. The first-order chi connectivity index (χ1) is 8.37. The number of rotatable bonds is 6. The number of aromatic nitrogens is 2. The lowest BCUT2D eigenvalue weighted by Gasteiger charge is -2.15. The Morgan fingerprint density at radius 1 is 1.56 bits per heavy atom. The summed E-state index contributed by atoms with van der Waals surface area (Å²) in [5.74, 6) is -0.411. The van der Waals surface area contributed by atoms with Gasteiger partial charge in [-0.25, -0.2) is 12.7 Å². The molecular weight excluding hydrogens is 258 g/mol. The fourth-order valence-corrected chi connectivity index (χ4v) is 2.47. The van der Waals surface area contributed by atoms with Crippen LogP contribution >= 0.6 is 0 Å². The van der Waals surface area contributed by atoms with Crippen LogP contribution in [0.4, 0.5) is 0 Å². The number of nitrogens with zero attached hydrogens (tertiary/aromatic N) is 3. The second-order valence-corrected chi connectivity index (χ2v) is 5.78. The smallest absolute Gasteiger partial charge is 0.307 e. The molecule has 102 valence electrons.